The summed E-state index contributed by atoms with van der Waals surface area (Å²) in [5.74, 6) is -0.291. The maximum absolute atomic E-state index is 11.8. The van der Waals surface area contributed by atoms with E-state index in [9.17, 15) is 9.59 Å². The zero-order chi connectivity index (χ0) is 14.6. The van der Waals surface area contributed by atoms with Crippen LogP contribution in [0.2, 0.25) is 0 Å². The van der Waals surface area contributed by atoms with Crippen LogP contribution in [0.15, 0.2) is 24.3 Å². The first-order valence-electron chi connectivity index (χ1n) is 6.21. The number of rotatable bonds is 4. The molecule has 5 heteroatoms. The molecule has 0 aliphatic heterocycles. The Labute approximate surface area is 113 Å². The smallest absolute Gasteiger partial charge is 0.253 e. The average Bonchev–Trinajstić information content (AvgIpc) is 2.36. The standard InChI is InChI=1S/C14H21N3O2/c1-9(2)12(15)13(18)16-11-7-5-6-10(8-11)14(19)17(3)4/h5-9,12H,15H2,1-4H3,(H,16,18)/t12-/m0/s1. The van der Waals surface area contributed by atoms with Gasteiger partial charge in [0, 0.05) is 25.3 Å². The fraction of sp³-hybridized carbons (Fsp3) is 0.429. The van der Waals surface area contributed by atoms with E-state index in [4.69, 9.17) is 5.73 Å². The second-order valence-electron chi connectivity index (χ2n) is 5.04. The molecule has 19 heavy (non-hydrogen) atoms. The molecule has 1 aromatic rings. The predicted molar refractivity (Wildman–Crippen MR) is 75.9 cm³/mol. The SMILES string of the molecule is CC(C)[C@H](N)C(=O)Nc1cccc(C(=O)N(C)C)c1. The van der Waals surface area contributed by atoms with E-state index in [0.717, 1.165) is 0 Å². The molecule has 0 aliphatic carbocycles. The summed E-state index contributed by atoms with van der Waals surface area (Å²) < 4.78 is 0. The summed E-state index contributed by atoms with van der Waals surface area (Å²) >= 11 is 0. The Bertz CT molecular complexity index is 470. The van der Waals surface area contributed by atoms with Crippen molar-refractivity contribution < 1.29 is 9.59 Å². The van der Waals surface area contributed by atoms with Crippen molar-refractivity contribution in [3.63, 3.8) is 0 Å². The van der Waals surface area contributed by atoms with E-state index in [0.29, 0.717) is 11.3 Å². The molecule has 0 spiro atoms. The fourth-order valence-corrected chi connectivity index (χ4v) is 1.52. The normalized spacial score (nSPS) is 12.1. The Balaban J connectivity index is 2.83. The van der Waals surface area contributed by atoms with Crippen molar-refractivity contribution in [1.82, 2.24) is 4.90 Å². The van der Waals surface area contributed by atoms with Crippen molar-refractivity contribution in [3.8, 4) is 0 Å². The molecule has 0 saturated carbocycles. The maximum atomic E-state index is 11.8. The van der Waals surface area contributed by atoms with Crippen LogP contribution in [-0.4, -0.2) is 36.9 Å². The number of hydrogen-bond acceptors (Lipinski definition) is 3. The van der Waals surface area contributed by atoms with Crippen LogP contribution in [0.1, 0.15) is 24.2 Å². The zero-order valence-corrected chi connectivity index (χ0v) is 11.8. The number of anilines is 1. The van der Waals surface area contributed by atoms with Crippen LogP contribution in [0.4, 0.5) is 5.69 Å². The molecular formula is C14H21N3O2. The summed E-state index contributed by atoms with van der Waals surface area (Å²) in [5, 5.41) is 2.72. The first-order chi connectivity index (χ1) is 8.82. The van der Waals surface area contributed by atoms with E-state index in [1.807, 2.05) is 13.8 Å². The summed E-state index contributed by atoms with van der Waals surface area (Å²) in [6.07, 6.45) is 0. The average molecular weight is 263 g/mol. The molecule has 104 valence electrons. The molecule has 0 radical (unpaired) electrons. The van der Waals surface area contributed by atoms with Crippen molar-refractivity contribution >= 4 is 17.5 Å². The number of hydrogen-bond donors (Lipinski definition) is 2. The van der Waals surface area contributed by atoms with E-state index in [2.05, 4.69) is 5.32 Å². The Morgan fingerprint density at radius 1 is 1.26 bits per heavy atom. The highest BCUT2D eigenvalue weighted by Gasteiger charge is 2.17. The van der Waals surface area contributed by atoms with Gasteiger partial charge in [-0.3, -0.25) is 9.59 Å². The van der Waals surface area contributed by atoms with Gasteiger partial charge in [0.2, 0.25) is 5.91 Å². The quantitative estimate of drug-likeness (QED) is 0.860. The second-order valence-corrected chi connectivity index (χ2v) is 5.04. The second kappa shape index (κ2) is 6.33. The van der Waals surface area contributed by atoms with Gasteiger partial charge in [-0.05, 0) is 24.1 Å². The van der Waals surface area contributed by atoms with Crippen molar-refractivity contribution in [1.29, 1.82) is 0 Å². The zero-order valence-electron chi connectivity index (χ0n) is 11.8. The molecule has 0 aliphatic rings. The number of amides is 2. The number of carbonyl (C=O) groups is 2. The summed E-state index contributed by atoms with van der Waals surface area (Å²) in [6, 6.07) is 6.26. The van der Waals surface area contributed by atoms with Crippen molar-refractivity contribution in [3.05, 3.63) is 29.8 Å². The van der Waals surface area contributed by atoms with Crippen LogP contribution in [0, 0.1) is 5.92 Å². The van der Waals surface area contributed by atoms with E-state index >= 15 is 0 Å². The molecule has 5 nitrogen and oxygen atoms in total. The van der Waals surface area contributed by atoms with E-state index in [1.165, 1.54) is 4.90 Å². The minimum Gasteiger partial charge on any atom is -0.345 e. The van der Waals surface area contributed by atoms with E-state index < -0.39 is 6.04 Å². The van der Waals surface area contributed by atoms with Crippen molar-refractivity contribution in [2.24, 2.45) is 11.7 Å². The van der Waals surface area contributed by atoms with Gasteiger partial charge in [0.05, 0.1) is 6.04 Å². The van der Waals surface area contributed by atoms with Gasteiger partial charge in [0.15, 0.2) is 0 Å². The number of nitrogens with one attached hydrogen (secondary N) is 1. The number of benzene rings is 1. The summed E-state index contributed by atoms with van der Waals surface area (Å²) in [4.78, 5) is 25.1. The van der Waals surface area contributed by atoms with Gasteiger partial charge in [-0.2, -0.15) is 0 Å². The topological polar surface area (TPSA) is 75.4 Å². The Morgan fingerprint density at radius 3 is 2.42 bits per heavy atom. The number of carbonyl (C=O) groups excluding carboxylic acids is 2. The summed E-state index contributed by atoms with van der Waals surface area (Å²) in [5.41, 5.74) is 6.87. The molecule has 0 heterocycles. The highest BCUT2D eigenvalue weighted by atomic mass is 16.2. The third-order valence-corrected chi connectivity index (χ3v) is 2.80. The van der Waals surface area contributed by atoms with Gasteiger partial charge in [0.25, 0.3) is 5.91 Å². The molecule has 1 rings (SSSR count). The van der Waals surface area contributed by atoms with Gasteiger partial charge in [-0.15, -0.1) is 0 Å². The highest BCUT2D eigenvalue weighted by Crippen LogP contribution is 2.13. The fourth-order valence-electron chi connectivity index (χ4n) is 1.52. The molecule has 0 aromatic heterocycles. The van der Waals surface area contributed by atoms with E-state index in [-0.39, 0.29) is 17.7 Å². The number of nitrogens with zero attached hydrogens (tertiary/aromatic N) is 1. The molecular weight excluding hydrogens is 242 g/mol. The predicted octanol–water partition coefficient (Wildman–Crippen LogP) is 1.31. The lowest BCUT2D eigenvalue weighted by Crippen LogP contribution is -2.39. The van der Waals surface area contributed by atoms with Gasteiger partial charge in [-0.1, -0.05) is 19.9 Å². The third-order valence-electron chi connectivity index (χ3n) is 2.80. The maximum Gasteiger partial charge on any atom is 0.253 e. The van der Waals surface area contributed by atoms with Crippen LogP contribution in [0.3, 0.4) is 0 Å². The molecule has 0 saturated heterocycles. The van der Waals surface area contributed by atoms with Crippen LogP contribution in [0.25, 0.3) is 0 Å². The molecule has 0 bridgehead atoms. The first kappa shape index (κ1) is 15.2. The molecule has 1 aromatic carbocycles. The Hall–Kier alpha value is -1.88. The summed E-state index contributed by atoms with van der Waals surface area (Å²) in [7, 11) is 3.37. The highest BCUT2D eigenvalue weighted by molar-refractivity contribution is 5.98. The monoisotopic (exact) mass is 263 g/mol. The van der Waals surface area contributed by atoms with Crippen LogP contribution >= 0.6 is 0 Å². The lowest BCUT2D eigenvalue weighted by Gasteiger charge is -2.16. The van der Waals surface area contributed by atoms with Gasteiger partial charge in [0.1, 0.15) is 0 Å². The van der Waals surface area contributed by atoms with Gasteiger partial charge >= 0.3 is 0 Å². The lowest BCUT2D eigenvalue weighted by molar-refractivity contribution is -0.118. The molecule has 2 amide bonds. The summed E-state index contributed by atoms with van der Waals surface area (Å²) in [6.45, 7) is 3.77. The van der Waals surface area contributed by atoms with Crippen LogP contribution < -0.4 is 11.1 Å². The Morgan fingerprint density at radius 2 is 1.89 bits per heavy atom. The minimum atomic E-state index is -0.562. The Kier molecular flexibility index (Phi) is 5.06. The van der Waals surface area contributed by atoms with Crippen LogP contribution in [0.5, 0.6) is 0 Å². The molecule has 1 atom stereocenters. The largest absolute Gasteiger partial charge is 0.345 e. The van der Waals surface area contributed by atoms with Crippen molar-refractivity contribution in [2.75, 3.05) is 19.4 Å². The van der Waals surface area contributed by atoms with Gasteiger partial charge < -0.3 is 16.0 Å². The molecule has 0 unspecified atom stereocenters. The molecule has 0 fully saturated rings. The van der Waals surface area contributed by atoms with Gasteiger partial charge in [-0.25, -0.2) is 0 Å². The first-order valence-corrected chi connectivity index (χ1v) is 6.21. The van der Waals surface area contributed by atoms with E-state index in [1.54, 1.807) is 38.4 Å². The minimum absolute atomic E-state index is 0.0617. The van der Waals surface area contributed by atoms with Crippen molar-refractivity contribution in [2.45, 2.75) is 19.9 Å². The third kappa shape index (κ3) is 4.06. The lowest BCUT2D eigenvalue weighted by atomic mass is 10.0. The van der Waals surface area contributed by atoms with Crippen LogP contribution in [-0.2, 0) is 4.79 Å². The molecule has 3 N–H and O–H groups in total. The number of nitrogens with two attached hydrogens (primary N) is 1.